The molecule has 4 nitrogen and oxygen atoms in total. The number of aromatic nitrogens is 1. The molecule has 0 saturated carbocycles. The molecule has 1 heterocycles. The molecule has 0 fully saturated rings. The summed E-state index contributed by atoms with van der Waals surface area (Å²) >= 11 is 13.2. The lowest BCUT2D eigenvalue weighted by Gasteiger charge is -2.20. The molecule has 2 unspecified atom stereocenters. The van der Waals surface area contributed by atoms with Crippen LogP contribution in [0.15, 0.2) is 29.3 Å². The fourth-order valence-corrected chi connectivity index (χ4v) is 4.15. The number of carboxylic acids is 1. The van der Waals surface area contributed by atoms with Crippen LogP contribution in [0.4, 0.5) is 0 Å². The zero-order chi connectivity index (χ0) is 18.0. The van der Waals surface area contributed by atoms with Crippen molar-refractivity contribution in [2.75, 3.05) is 0 Å². The van der Waals surface area contributed by atoms with Crippen LogP contribution in [0.5, 0.6) is 0 Å². The Kier molecular flexibility index (Phi) is 6.12. The van der Waals surface area contributed by atoms with E-state index in [9.17, 15) is 9.90 Å². The van der Waals surface area contributed by atoms with Crippen LogP contribution in [-0.4, -0.2) is 21.1 Å². The summed E-state index contributed by atoms with van der Waals surface area (Å²) in [6, 6.07) is 7.45. The number of aromatic carboxylic acids is 1. The van der Waals surface area contributed by atoms with Gasteiger partial charge in [-0.05, 0) is 37.5 Å². The molecule has 1 aromatic carbocycles. The number of alkyl halides is 1. The Bertz CT molecular complexity index is 792. The number of benzene rings is 1. The Hall–Kier alpha value is -1.30. The maximum absolute atomic E-state index is 11.7. The smallest absolute Gasteiger partial charge is 0.347 e. The van der Waals surface area contributed by atoms with Gasteiger partial charge in [-0.15, -0.1) is 0 Å². The zero-order valence-electron chi connectivity index (χ0n) is 14.0. The first-order valence-electron chi connectivity index (χ1n) is 7.64. The van der Waals surface area contributed by atoms with Gasteiger partial charge in [0.05, 0.1) is 6.04 Å². The highest BCUT2D eigenvalue weighted by molar-refractivity contribution is 7.11. The Morgan fingerprint density at radius 3 is 2.25 bits per heavy atom. The predicted molar refractivity (Wildman–Crippen MR) is 99.5 cm³/mol. The molecule has 24 heavy (non-hydrogen) atoms. The predicted octanol–water partition coefficient (Wildman–Crippen LogP) is 5.12. The summed E-state index contributed by atoms with van der Waals surface area (Å²) in [6.45, 7) is 7.74. The molecule has 0 amide bonds. The quantitative estimate of drug-likeness (QED) is 0.572. The van der Waals surface area contributed by atoms with Crippen LogP contribution >= 0.6 is 34.5 Å². The average molecular weight is 387 g/mol. The molecule has 2 aromatic rings. The Morgan fingerprint density at radius 2 is 1.79 bits per heavy atom. The molecule has 0 aliphatic heterocycles. The summed E-state index contributed by atoms with van der Waals surface area (Å²) in [5, 5.41) is 10.2. The largest absolute Gasteiger partial charge is 0.477 e. The summed E-state index contributed by atoms with van der Waals surface area (Å²) in [7, 11) is 0. The second-order valence-electron chi connectivity index (χ2n) is 5.86. The van der Waals surface area contributed by atoms with E-state index in [1.54, 1.807) is 6.92 Å². The zero-order valence-corrected chi connectivity index (χ0v) is 16.3. The van der Waals surface area contributed by atoms with Crippen molar-refractivity contribution in [2.45, 2.75) is 45.2 Å². The summed E-state index contributed by atoms with van der Waals surface area (Å²) in [4.78, 5) is 17.0. The minimum Gasteiger partial charge on any atom is -0.477 e. The number of hydrogen-bond acceptors (Lipinski definition) is 3. The van der Waals surface area contributed by atoms with Crippen LogP contribution in [0.25, 0.3) is 0 Å². The third kappa shape index (κ3) is 4.02. The second-order valence-corrected chi connectivity index (χ2v) is 7.91. The van der Waals surface area contributed by atoms with Gasteiger partial charge in [-0.25, -0.2) is 9.79 Å². The summed E-state index contributed by atoms with van der Waals surface area (Å²) < 4.78 is 1.97. The lowest BCUT2D eigenvalue weighted by molar-refractivity contribution is 0.0699. The molecule has 1 N–H and O–H groups in total. The molecule has 0 spiro atoms. The summed E-state index contributed by atoms with van der Waals surface area (Å²) in [6.07, 6.45) is 0. The Labute approximate surface area is 155 Å². The third-order valence-corrected chi connectivity index (χ3v) is 5.08. The highest BCUT2D eigenvalue weighted by atomic mass is 35.5. The lowest BCUT2D eigenvalue weighted by Crippen LogP contribution is -2.24. The number of thiazole rings is 1. The first kappa shape index (κ1) is 19.0. The van der Waals surface area contributed by atoms with E-state index in [2.05, 4.69) is 4.99 Å². The van der Waals surface area contributed by atoms with E-state index in [-0.39, 0.29) is 12.0 Å². The number of rotatable bonds is 5. The van der Waals surface area contributed by atoms with Crippen molar-refractivity contribution in [3.63, 3.8) is 0 Å². The van der Waals surface area contributed by atoms with Gasteiger partial charge in [-0.3, -0.25) is 0 Å². The fraction of sp³-hybridized carbons (Fsp3) is 0.412. The molecule has 7 heteroatoms. The van der Waals surface area contributed by atoms with Gasteiger partial charge in [0.15, 0.2) is 4.80 Å². The van der Waals surface area contributed by atoms with Gasteiger partial charge in [0, 0.05) is 10.7 Å². The molecule has 0 saturated heterocycles. The maximum atomic E-state index is 11.7. The number of carbonyl (C=O) groups is 1. The molecule has 2 rings (SSSR count). The van der Waals surface area contributed by atoms with Crippen molar-refractivity contribution in [3.05, 3.63) is 50.2 Å². The van der Waals surface area contributed by atoms with Crippen LogP contribution in [0, 0.1) is 0 Å². The van der Waals surface area contributed by atoms with E-state index in [4.69, 9.17) is 23.2 Å². The molecular weight excluding hydrogens is 367 g/mol. The van der Waals surface area contributed by atoms with Gasteiger partial charge in [-0.1, -0.05) is 60.5 Å². The molecule has 2 atom stereocenters. The van der Waals surface area contributed by atoms with Crippen LogP contribution in [0.3, 0.4) is 0 Å². The molecular formula is C17H20Cl2N2O2S. The average Bonchev–Trinajstić information content (AvgIpc) is 2.86. The molecule has 0 bridgehead atoms. The molecule has 0 aliphatic carbocycles. The highest BCUT2D eigenvalue weighted by Crippen LogP contribution is 2.28. The van der Waals surface area contributed by atoms with Crippen LogP contribution in [0.1, 0.15) is 60.6 Å². The minimum atomic E-state index is -0.940. The fourth-order valence-electron chi connectivity index (χ4n) is 2.60. The highest BCUT2D eigenvalue weighted by Gasteiger charge is 2.25. The SMILES string of the molecule is CC(Cl)N=c1sc(C(=O)O)c(C(C)C)n1C(C)c1ccc(Cl)cc1. The van der Waals surface area contributed by atoms with Gasteiger partial charge in [0.2, 0.25) is 0 Å². The van der Waals surface area contributed by atoms with Crippen molar-refractivity contribution in [3.8, 4) is 0 Å². The van der Waals surface area contributed by atoms with Gasteiger partial charge in [0.25, 0.3) is 0 Å². The number of nitrogens with zero attached hydrogens (tertiary/aromatic N) is 2. The summed E-state index contributed by atoms with van der Waals surface area (Å²) in [5.74, 6) is -0.902. The van der Waals surface area contributed by atoms with Crippen molar-refractivity contribution in [1.29, 1.82) is 0 Å². The standard InChI is InChI=1S/C17H20Cl2N2O2S/c1-9(2)14-15(16(22)23)24-17(20-11(4)18)21(14)10(3)12-5-7-13(19)8-6-12/h5-11H,1-4H3,(H,22,23). The van der Waals surface area contributed by atoms with Crippen LogP contribution in [-0.2, 0) is 0 Å². The van der Waals surface area contributed by atoms with E-state index in [1.165, 1.54) is 0 Å². The minimum absolute atomic E-state index is 0.0386. The van der Waals surface area contributed by atoms with Crippen molar-refractivity contribution >= 4 is 40.5 Å². The molecule has 0 radical (unpaired) electrons. The number of halogens is 2. The van der Waals surface area contributed by atoms with Gasteiger partial charge in [0.1, 0.15) is 10.4 Å². The van der Waals surface area contributed by atoms with Crippen LogP contribution in [0.2, 0.25) is 5.02 Å². The number of hydrogen-bond donors (Lipinski definition) is 1. The van der Waals surface area contributed by atoms with Crippen molar-refractivity contribution < 1.29 is 9.90 Å². The van der Waals surface area contributed by atoms with Gasteiger partial charge in [-0.2, -0.15) is 0 Å². The Morgan fingerprint density at radius 1 is 1.21 bits per heavy atom. The monoisotopic (exact) mass is 386 g/mol. The Balaban J connectivity index is 2.73. The van der Waals surface area contributed by atoms with Gasteiger partial charge < -0.3 is 9.67 Å². The van der Waals surface area contributed by atoms with Crippen molar-refractivity contribution in [1.82, 2.24) is 4.57 Å². The molecule has 0 aliphatic rings. The van der Waals surface area contributed by atoms with E-state index in [1.807, 2.05) is 49.6 Å². The maximum Gasteiger partial charge on any atom is 0.347 e. The lowest BCUT2D eigenvalue weighted by atomic mass is 10.0. The second kappa shape index (κ2) is 7.72. The number of carboxylic acid groups (broad SMARTS) is 1. The van der Waals surface area contributed by atoms with E-state index >= 15 is 0 Å². The van der Waals surface area contributed by atoms with Crippen molar-refractivity contribution in [2.24, 2.45) is 4.99 Å². The van der Waals surface area contributed by atoms with Gasteiger partial charge >= 0.3 is 5.97 Å². The van der Waals surface area contributed by atoms with E-state index in [0.717, 1.165) is 22.6 Å². The van der Waals surface area contributed by atoms with Crippen LogP contribution < -0.4 is 4.80 Å². The molecule has 130 valence electrons. The topological polar surface area (TPSA) is 54.6 Å². The van der Waals surface area contributed by atoms with E-state index in [0.29, 0.717) is 14.7 Å². The molecule has 1 aromatic heterocycles. The normalized spacial score (nSPS) is 14.9. The third-order valence-electron chi connectivity index (χ3n) is 3.66. The first-order chi connectivity index (χ1) is 11.2. The van der Waals surface area contributed by atoms with E-state index < -0.39 is 11.5 Å². The summed E-state index contributed by atoms with van der Waals surface area (Å²) in [5.41, 5.74) is 1.35. The first-order valence-corrected chi connectivity index (χ1v) is 9.27.